The Balaban J connectivity index is 1.35. The van der Waals surface area contributed by atoms with Crippen molar-refractivity contribution in [2.75, 3.05) is 19.8 Å². The summed E-state index contributed by atoms with van der Waals surface area (Å²) >= 11 is 0. The number of hydrogen-bond acceptors (Lipinski definition) is 5. The lowest BCUT2D eigenvalue weighted by molar-refractivity contribution is -0.138. The molecular formula is C23H29F3N6O2. The van der Waals surface area contributed by atoms with Crippen molar-refractivity contribution in [3.05, 3.63) is 29.7 Å². The summed E-state index contributed by atoms with van der Waals surface area (Å²) < 4.78 is 41.1. The van der Waals surface area contributed by atoms with E-state index in [-0.39, 0.29) is 36.4 Å². The third-order valence-electron chi connectivity index (χ3n) is 7.95. The molecule has 3 atom stereocenters. The smallest absolute Gasteiger partial charge is 0.323 e. The van der Waals surface area contributed by atoms with Crippen molar-refractivity contribution in [3.8, 4) is 0 Å². The minimum atomic E-state index is -4.46. The molecule has 1 spiro atoms. The number of nitrogens with zero attached hydrogens (tertiary/aromatic N) is 5. The maximum Gasteiger partial charge on any atom is 0.417 e. The number of pyridine rings is 1. The number of hydrogen-bond donors (Lipinski definition) is 1. The van der Waals surface area contributed by atoms with Gasteiger partial charge in [0, 0.05) is 18.7 Å². The number of rotatable bonds is 3. The summed E-state index contributed by atoms with van der Waals surface area (Å²) in [4.78, 5) is 29.7. The maximum absolute atomic E-state index is 13.5. The number of alkyl halides is 3. The Morgan fingerprint density at radius 3 is 2.53 bits per heavy atom. The molecule has 2 aromatic heterocycles. The molecule has 1 aliphatic carbocycles. The highest BCUT2D eigenvalue weighted by Gasteiger charge is 2.58. The van der Waals surface area contributed by atoms with Gasteiger partial charge in [0.1, 0.15) is 11.4 Å². The van der Waals surface area contributed by atoms with E-state index in [1.165, 1.54) is 15.4 Å². The Morgan fingerprint density at radius 1 is 1.09 bits per heavy atom. The van der Waals surface area contributed by atoms with Crippen molar-refractivity contribution in [1.29, 1.82) is 0 Å². The number of fused-ring (bicyclic) bond motifs is 1. The van der Waals surface area contributed by atoms with Gasteiger partial charge in [-0.05, 0) is 56.2 Å². The molecule has 1 N–H and O–H groups in total. The summed E-state index contributed by atoms with van der Waals surface area (Å²) in [5.74, 6) is 0.277. The van der Waals surface area contributed by atoms with E-state index in [2.05, 4.69) is 15.5 Å². The summed E-state index contributed by atoms with van der Waals surface area (Å²) in [6, 6.07) is 1.95. The largest absolute Gasteiger partial charge is 0.417 e. The standard InChI is InChI=1S/C23H29F3N6O2/c1-14-5-3-6-15(2)22(14)20(33)32(21(34)27-22)13-30-10-4-7-16(11-30)19-29-28-18-9-8-17(12-31(18)19)23(24,25)26/h8-9,12,14-16H,3-7,10-11,13H2,1-2H3,(H,27,34). The molecule has 4 heterocycles. The molecule has 0 radical (unpaired) electrons. The molecule has 3 unspecified atom stereocenters. The summed E-state index contributed by atoms with van der Waals surface area (Å²) in [5, 5.41) is 11.2. The van der Waals surface area contributed by atoms with Gasteiger partial charge in [-0.25, -0.2) is 9.69 Å². The number of likely N-dealkylation sites (tertiary alicyclic amines) is 1. The van der Waals surface area contributed by atoms with Gasteiger partial charge in [0.15, 0.2) is 5.65 Å². The lowest BCUT2D eigenvalue weighted by Gasteiger charge is -2.42. The van der Waals surface area contributed by atoms with E-state index in [9.17, 15) is 22.8 Å². The Labute approximate surface area is 195 Å². The van der Waals surface area contributed by atoms with E-state index in [0.717, 1.165) is 44.4 Å². The van der Waals surface area contributed by atoms with Crippen LogP contribution in [0.1, 0.15) is 63.3 Å². The van der Waals surface area contributed by atoms with E-state index < -0.39 is 17.3 Å². The predicted molar refractivity (Wildman–Crippen MR) is 117 cm³/mol. The van der Waals surface area contributed by atoms with Crippen LogP contribution in [-0.2, 0) is 11.0 Å². The lowest BCUT2D eigenvalue weighted by atomic mass is 9.67. The molecule has 0 aromatic carbocycles. The Bertz CT molecular complexity index is 1110. The van der Waals surface area contributed by atoms with Crippen molar-refractivity contribution in [2.45, 2.75) is 63.6 Å². The molecule has 2 aromatic rings. The van der Waals surface area contributed by atoms with Crippen molar-refractivity contribution in [1.82, 2.24) is 29.7 Å². The van der Waals surface area contributed by atoms with Crippen molar-refractivity contribution in [3.63, 3.8) is 0 Å². The number of imide groups is 1. The van der Waals surface area contributed by atoms with Gasteiger partial charge in [-0.3, -0.25) is 14.1 Å². The highest BCUT2D eigenvalue weighted by Crippen LogP contribution is 2.42. The molecule has 5 rings (SSSR count). The number of carbonyl (C=O) groups excluding carboxylic acids is 2. The van der Waals surface area contributed by atoms with E-state index in [1.54, 1.807) is 0 Å². The molecule has 0 bridgehead atoms. The topological polar surface area (TPSA) is 82.8 Å². The highest BCUT2D eigenvalue weighted by atomic mass is 19.4. The Morgan fingerprint density at radius 2 is 1.82 bits per heavy atom. The maximum atomic E-state index is 13.5. The van der Waals surface area contributed by atoms with E-state index in [1.807, 2.05) is 18.7 Å². The molecule has 34 heavy (non-hydrogen) atoms. The number of urea groups is 1. The first kappa shape index (κ1) is 23.1. The van der Waals surface area contributed by atoms with E-state index >= 15 is 0 Å². The summed E-state index contributed by atoms with van der Waals surface area (Å²) in [7, 11) is 0. The first-order chi connectivity index (χ1) is 16.1. The second kappa shape index (κ2) is 8.21. The molecule has 2 aliphatic heterocycles. The van der Waals surface area contributed by atoms with Gasteiger partial charge in [-0.1, -0.05) is 20.3 Å². The molecule has 3 amide bonds. The van der Waals surface area contributed by atoms with Crippen LogP contribution in [0.5, 0.6) is 0 Å². The van der Waals surface area contributed by atoms with Gasteiger partial charge in [-0.15, -0.1) is 10.2 Å². The first-order valence-electron chi connectivity index (χ1n) is 11.9. The van der Waals surface area contributed by atoms with Gasteiger partial charge >= 0.3 is 12.2 Å². The number of halogens is 3. The minimum Gasteiger partial charge on any atom is -0.323 e. The van der Waals surface area contributed by atoms with Crippen LogP contribution in [0.15, 0.2) is 18.3 Å². The summed E-state index contributed by atoms with van der Waals surface area (Å²) in [5.41, 5.74) is -1.24. The van der Waals surface area contributed by atoms with Crippen LogP contribution >= 0.6 is 0 Å². The highest BCUT2D eigenvalue weighted by molar-refractivity contribution is 6.07. The third kappa shape index (κ3) is 3.64. The normalized spacial score (nSPS) is 31.0. The Hall–Kier alpha value is -2.69. The molecule has 3 aliphatic rings. The van der Waals surface area contributed by atoms with Crippen LogP contribution in [0.4, 0.5) is 18.0 Å². The fourth-order valence-electron chi connectivity index (χ4n) is 6.03. The summed E-state index contributed by atoms with van der Waals surface area (Å²) in [6.45, 7) is 5.38. The van der Waals surface area contributed by atoms with Gasteiger partial charge in [-0.2, -0.15) is 13.2 Å². The number of nitrogens with one attached hydrogen (secondary N) is 1. The van der Waals surface area contributed by atoms with Crippen LogP contribution in [0.2, 0.25) is 0 Å². The number of piperidine rings is 1. The molecule has 184 valence electrons. The second-order valence-electron chi connectivity index (χ2n) is 10.0. The zero-order chi connectivity index (χ0) is 24.3. The van der Waals surface area contributed by atoms with E-state index in [4.69, 9.17) is 0 Å². The van der Waals surface area contributed by atoms with Gasteiger partial charge < -0.3 is 5.32 Å². The van der Waals surface area contributed by atoms with Gasteiger partial charge in [0.2, 0.25) is 0 Å². The molecule has 1 saturated carbocycles. The quantitative estimate of drug-likeness (QED) is 0.682. The average Bonchev–Trinajstić information content (AvgIpc) is 3.32. The van der Waals surface area contributed by atoms with E-state index in [0.29, 0.717) is 24.6 Å². The fourth-order valence-corrected chi connectivity index (χ4v) is 6.03. The zero-order valence-corrected chi connectivity index (χ0v) is 19.3. The molecule has 2 saturated heterocycles. The number of amides is 3. The lowest BCUT2D eigenvalue weighted by Crippen LogP contribution is -2.59. The number of carbonyl (C=O) groups is 2. The molecule has 8 nitrogen and oxygen atoms in total. The van der Waals surface area contributed by atoms with Crippen LogP contribution in [0, 0.1) is 11.8 Å². The predicted octanol–water partition coefficient (Wildman–Crippen LogP) is 3.63. The third-order valence-corrected chi connectivity index (χ3v) is 7.95. The molecule has 3 fully saturated rings. The average molecular weight is 479 g/mol. The van der Waals surface area contributed by atoms with Crippen LogP contribution in [0.25, 0.3) is 5.65 Å². The monoisotopic (exact) mass is 478 g/mol. The SMILES string of the molecule is CC1CCCC(C)C12NC(=O)N(CN1CCCC(c3nnc4ccc(C(F)(F)F)cn34)C1)C2=O. The van der Waals surface area contributed by atoms with Gasteiger partial charge in [0.05, 0.1) is 12.2 Å². The van der Waals surface area contributed by atoms with Crippen LogP contribution in [-0.4, -0.2) is 61.6 Å². The second-order valence-corrected chi connectivity index (χ2v) is 10.0. The Kier molecular flexibility index (Phi) is 5.57. The zero-order valence-electron chi connectivity index (χ0n) is 19.3. The van der Waals surface area contributed by atoms with Gasteiger partial charge in [0.25, 0.3) is 5.91 Å². The van der Waals surface area contributed by atoms with Crippen molar-refractivity contribution < 1.29 is 22.8 Å². The fraction of sp³-hybridized carbons (Fsp3) is 0.652. The van der Waals surface area contributed by atoms with Crippen molar-refractivity contribution in [2.24, 2.45) is 11.8 Å². The first-order valence-corrected chi connectivity index (χ1v) is 11.9. The number of aromatic nitrogens is 3. The summed E-state index contributed by atoms with van der Waals surface area (Å²) in [6.07, 6.45) is 0.943. The van der Waals surface area contributed by atoms with Crippen LogP contribution < -0.4 is 5.32 Å². The van der Waals surface area contributed by atoms with Crippen LogP contribution in [0.3, 0.4) is 0 Å². The van der Waals surface area contributed by atoms with Crippen molar-refractivity contribution >= 4 is 17.6 Å². The molecular weight excluding hydrogens is 449 g/mol. The molecule has 11 heteroatoms. The minimum absolute atomic E-state index is 0.0667.